The van der Waals surface area contributed by atoms with Gasteiger partial charge >= 0.3 is 0 Å². The molecule has 8 nitrogen and oxygen atoms in total. The number of nitrogens with one attached hydrogen (secondary N) is 2. The van der Waals surface area contributed by atoms with Crippen LogP contribution in [0.4, 0.5) is 10.1 Å². The van der Waals surface area contributed by atoms with Crippen molar-refractivity contribution in [3.8, 4) is 0 Å². The average Bonchev–Trinajstić information content (AvgIpc) is 3.17. The van der Waals surface area contributed by atoms with Gasteiger partial charge < -0.3 is 5.32 Å². The number of hydrogen-bond donors (Lipinski definition) is 2. The molecule has 31 heavy (non-hydrogen) atoms. The third kappa shape index (κ3) is 4.49. The highest BCUT2D eigenvalue weighted by Crippen LogP contribution is 2.23. The maximum atomic E-state index is 13.0. The van der Waals surface area contributed by atoms with Crippen molar-refractivity contribution in [1.29, 1.82) is 0 Å². The lowest BCUT2D eigenvalue weighted by molar-refractivity contribution is 0.0949. The zero-order valence-electron chi connectivity index (χ0n) is 15.8. The summed E-state index contributed by atoms with van der Waals surface area (Å²) in [6.45, 7) is 0.0607. The molecule has 0 bridgehead atoms. The second-order valence-corrected chi connectivity index (χ2v) is 8.57. The Morgan fingerprint density at radius 1 is 1.06 bits per heavy atom. The number of sulfonamides is 1. The molecule has 0 fully saturated rings. The lowest BCUT2D eigenvalue weighted by Gasteiger charge is -2.11. The minimum absolute atomic E-state index is 0.0162. The monoisotopic (exact) mass is 459 g/mol. The maximum Gasteiger partial charge on any atom is 0.261 e. The predicted octanol–water partition coefficient (Wildman–Crippen LogP) is 3.25. The largest absolute Gasteiger partial charge is 0.345 e. The van der Waals surface area contributed by atoms with Gasteiger partial charge in [-0.25, -0.2) is 12.8 Å². The summed E-state index contributed by atoms with van der Waals surface area (Å²) >= 11 is 6.12. The Bertz CT molecular complexity index is 1370. The van der Waals surface area contributed by atoms with Crippen LogP contribution in [0.5, 0.6) is 0 Å². The van der Waals surface area contributed by atoms with Crippen LogP contribution < -0.4 is 10.0 Å². The number of benzene rings is 2. The van der Waals surface area contributed by atoms with E-state index in [2.05, 4.69) is 20.2 Å². The van der Waals surface area contributed by atoms with Crippen molar-refractivity contribution in [1.82, 2.24) is 19.9 Å². The Labute approximate surface area is 181 Å². The van der Waals surface area contributed by atoms with E-state index in [9.17, 15) is 17.6 Å². The lowest BCUT2D eigenvalue weighted by Crippen LogP contribution is -2.25. The summed E-state index contributed by atoms with van der Waals surface area (Å²) < 4.78 is 42.4. The molecule has 0 aliphatic heterocycles. The number of pyridine rings is 1. The number of amides is 1. The Balaban J connectivity index is 1.54. The first kappa shape index (κ1) is 20.8. The first-order valence-electron chi connectivity index (χ1n) is 8.98. The normalized spacial score (nSPS) is 11.4. The van der Waals surface area contributed by atoms with Crippen LogP contribution in [0, 0.1) is 5.82 Å². The molecule has 0 aliphatic rings. The molecule has 4 aromatic rings. The number of carbonyl (C=O) groups excluding carboxylic acids is 1. The van der Waals surface area contributed by atoms with Crippen molar-refractivity contribution >= 4 is 38.9 Å². The molecule has 1 amide bonds. The summed E-state index contributed by atoms with van der Waals surface area (Å²) in [6, 6.07) is 14.0. The Morgan fingerprint density at radius 3 is 2.61 bits per heavy atom. The Hall–Kier alpha value is -3.50. The quantitative estimate of drug-likeness (QED) is 0.460. The van der Waals surface area contributed by atoms with Gasteiger partial charge in [0.2, 0.25) is 0 Å². The average molecular weight is 460 g/mol. The minimum atomic E-state index is -4.02. The summed E-state index contributed by atoms with van der Waals surface area (Å²) in [5.74, 6) is -0.563. The topological polar surface area (TPSA) is 105 Å². The van der Waals surface area contributed by atoms with E-state index in [0.29, 0.717) is 11.5 Å². The maximum absolute atomic E-state index is 13.0. The number of halogens is 2. The van der Waals surface area contributed by atoms with Crippen molar-refractivity contribution in [2.24, 2.45) is 0 Å². The van der Waals surface area contributed by atoms with Gasteiger partial charge in [0.25, 0.3) is 15.9 Å². The van der Waals surface area contributed by atoms with Crippen molar-refractivity contribution in [2.45, 2.75) is 11.4 Å². The third-order valence-corrected chi connectivity index (χ3v) is 6.09. The van der Waals surface area contributed by atoms with Gasteiger partial charge in [-0.15, -0.1) is 10.2 Å². The fourth-order valence-corrected chi connectivity index (χ4v) is 4.13. The Morgan fingerprint density at radius 2 is 1.84 bits per heavy atom. The van der Waals surface area contributed by atoms with E-state index < -0.39 is 21.7 Å². The number of aromatic nitrogens is 3. The fourth-order valence-electron chi connectivity index (χ4n) is 2.84. The SMILES string of the molecule is O=C(NCc1nnc2ccccn12)c1cc(S(=O)(=O)Nc2ccc(F)cc2)ccc1Cl. The highest BCUT2D eigenvalue weighted by molar-refractivity contribution is 7.92. The molecule has 2 heterocycles. The van der Waals surface area contributed by atoms with Gasteiger partial charge in [0, 0.05) is 11.9 Å². The van der Waals surface area contributed by atoms with Crippen LogP contribution in [-0.2, 0) is 16.6 Å². The first-order chi connectivity index (χ1) is 14.8. The van der Waals surface area contributed by atoms with Gasteiger partial charge in [0.05, 0.1) is 22.0 Å². The van der Waals surface area contributed by atoms with Crippen LogP contribution in [0.2, 0.25) is 5.02 Å². The molecule has 2 N–H and O–H groups in total. The van der Waals surface area contributed by atoms with Crippen molar-refractivity contribution < 1.29 is 17.6 Å². The molecule has 0 saturated heterocycles. The molecule has 0 atom stereocenters. The Kier molecular flexibility index (Phi) is 5.57. The molecule has 2 aromatic heterocycles. The summed E-state index contributed by atoms with van der Waals surface area (Å²) in [5.41, 5.74) is 0.795. The van der Waals surface area contributed by atoms with Crippen LogP contribution in [0.1, 0.15) is 16.2 Å². The molecule has 2 aromatic carbocycles. The van der Waals surface area contributed by atoms with E-state index >= 15 is 0 Å². The summed E-state index contributed by atoms with van der Waals surface area (Å²) in [6.07, 6.45) is 1.76. The van der Waals surface area contributed by atoms with Crippen molar-refractivity contribution in [3.63, 3.8) is 0 Å². The predicted molar refractivity (Wildman–Crippen MR) is 113 cm³/mol. The molecular weight excluding hydrogens is 445 g/mol. The van der Waals surface area contributed by atoms with Crippen LogP contribution in [0.3, 0.4) is 0 Å². The highest BCUT2D eigenvalue weighted by Gasteiger charge is 2.19. The zero-order valence-corrected chi connectivity index (χ0v) is 17.4. The smallest absolute Gasteiger partial charge is 0.261 e. The first-order valence-corrected chi connectivity index (χ1v) is 10.8. The number of hydrogen-bond acceptors (Lipinski definition) is 5. The second-order valence-electron chi connectivity index (χ2n) is 6.48. The van der Waals surface area contributed by atoms with Crippen LogP contribution in [-0.4, -0.2) is 28.9 Å². The molecule has 11 heteroatoms. The summed E-state index contributed by atoms with van der Waals surface area (Å²) in [5, 5.41) is 10.8. The van der Waals surface area contributed by atoms with Gasteiger partial charge in [-0.3, -0.25) is 13.9 Å². The van der Waals surface area contributed by atoms with Gasteiger partial charge in [-0.1, -0.05) is 17.7 Å². The van der Waals surface area contributed by atoms with E-state index in [0.717, 1.165) is 12.1 Å². The van der Waals surface area contributed by atoms with E-state index in [-0.39, 0.29) is 27.7 Å². The third-order valence-electron chi connectivity index (χ3n) is 4.38. The molecule has 0 unspecified atom stereocenters. The molecule has 0 radical (unpaired) electrons. The van der Waals surface area contributed by atoms with Gasteiger partial charge in [0.15, 0.2) is 11.5 Å². The summed E-state index contributed by atoms with van der Waals surface area (Å²) in [4.78, 5) is 12.5. The molecule has 0 spiro atoms. The molecule has 4 rings (SSSR count). The van der Waals surface area contributed by atoms with Crippen LogP contribution in [0.15, 0.2) is 71.8 Å². The standard InChI is InChI=1S/C20H15ClFN5O3S/c21-17-9-8-15(31(29,30)26-14-6-4-13(22)5-7-14)11-16(17)20(28)23-12-19-25-24-18-3-1-2-10-27(18)19/h1-11,26H,12H2,(H,23,28). The van der Waals surface area contributed by atoms with Crippen LogP contribution in [0.25, 0.3) is 5.65 Å². The van der Waals surface area contributed by atoms with E-state index in [1.165, 1.54) is 30.3 Å². The number of anilines is 1. The number of nitrogens with zero attached hydrogens (tertiary/aromatic N) is 3. The second kappa shape index (κ2) is 8.32. The fraction of sp³-hybridized carbons (Fsp3) is 0.0500. The van der Waals surface area contributed by atoms with Crippen molar-refractivity contribution in [3.05, 3.63) is 89.1 Å². The minimum Gasteiger partial charge on any atom is -0.345 e. The van der Waals surface area contributed by atoms with E-state index in [1.807, 2.05) is 6.07 Å². The molecule has 0 saturated carbocycles. The summed E-state index contributed by atoms with van der Waals surface area (Å²) in [7, 11) is -4.02. The van der Waals surface area contributed by atoms with Crippen molar-refractivity contribution in [2.75, 3.05) is 4.72 Å². The van der Waals surface area contributed by atoms with Gasteiger partial charge in [-0.05, 0) is 54.6 Å². The zero-order chi connectivity index (χ0) is 22.0. The number of carbonyl (C=O) groups is 1. The highest BCUT2D eigenvalue weighted by atomic mass is 35.5. The number of rotatable bonds is 6. The van der Waals surface area contributed by atoms with E-state index in [4.69, 9.17) is 11.6 Å². The van der Waals surface area contributed by atoms with Gasteiger partial charge in [0.1, 0.15) is 5.82 Å². The molecule has 0 aliphatic carbocycles. The van der Waals surface area contributed by atoms with Gasteiger partial charge in [-0.2, -0.15) is 0 Å². The molecular formula is C20H15ClFN5O3S. The number of fused-ring (bicyclic) bond motifs is 1. The molecule has 158 valence electrons. The lowest BCUT2D eigenvalue weighted by atomic mass is 10.2. The van der Waals surface area contributed by atoms with E-state index in [1.54, 1.807) is 22.7 Å². The van der Waals surface area contributed by atoms with Crippen LogP contribution >= 0.6 is 11.6 Å².